The highest BCUT2D eigenvalue weighted by Gasteiger charge is 2.05. The smallest absolute Gasteiger partial charge is 0.117 e. The largest absolute Gasteiger partial charge is 0.244 e. The van der Waals surface area contributed by atoms with Gasteiger partial charge in [-0.05, 0) is 34.0 Å². The van der Waals surface area contributed by atoms with Gasteiger partial charge in [0.15, 0.2) is 0 Å². The molecule has 0 aliphatic heterocycles. The van der Waals surface area contributed by atoms with Gasteiger partial charge in [-0.3, -0.25) is 0 Å². The Labute approximate surface area is 91.2 Å². The summed E-state index contributed by atoms with van der Waals surface area (Å²) in [6.07, 6.45) is 3.35. The molecular formula is C11H9BrN2. The van der Waals surface area contributed by atoms with E-state index in [2.05, 4.69) is 45.0 Å². The molecule has 14 heavy (non-hydrogen) atoms. The van der Waals surface area contributed by atoms with Crippen molar-refractivity contribution in [2.45, 2.75) is 6.92 Å². The first-order valence-corrected chi connectivity index (χ1v) is 5.10. The highest BCUT2D eigenvalue weighted by Crippen LogP contribution is 2.27. The number of hydrogen-bond donors (Lipinski definition) is 0. The zero-order chi connectivity index (χ0) is 9.97. The molecule has 0 aliphatic rings. The van der Waals surface area contributed by atoms with Crippen LogP contribution < -0.4 is 0 Å². The Bertz CT molecular complexity index is 411. The van der Waals surface area contributed by atoms with Crippen molar-refractivity contribution in [3.05, 3.63) is 47.0 Å². The summed E-state index contributed by atoms with van der Waals surface area (Å²) in [5.41, 5.74) is 3.42. The number of aromatic nitrogens is 2. The zero-order valence-corrected chi connectivity index (χ0v) is 9.32. The molecule has 0 aliphatic carbocycles. The summed E-state index contributed by atoms with van der Waals surface area (Å²) in [5, 5.41) is 0. The van der Waals surface area contributed by atoms with E-state index in [4.69, 9.17) is 0 Å². The Morgan fingerprint density at radius 2 is 1.93 bits per heavy atom. The van der Waals surface area contributed by atoms with Crippen LogP contribution in [0.2, 0.25) is 0 Å². The normalized spacial score (nSPS) is 10.1. The van der Waals surface area contributed by atoms with Crippen LogP contribution in [0.15, 0.2) is 41.4 Å². The molecule has 70 valence electrons. The summed E-state index contributed by atoms with van der Waals surface area (Å²) < 4.78 is 0.835. The van der Waals surface area contributed by atoms with Crippen molar-refractivity contribution in [2.24, 2.45) is 0 Å². The molecule has 0 fully saturated rings. The Morgan fingerprint density at radius 3 is 2.64 bits per heavy atom. The second-order valence-corrected chi connectivity index (χ2v) is 3.79. The molecule has 0 radical (unpaired) electrons. The van der Waals surface area contributed by atoms with Crippen LogP contribution in [0.1, 0.15) is 5.56 Å². The van der Waals surface area contributed by atoms with Crippen molar-refractivity contribution >= 4 is 15.9 Å². The molecule has 0 unspecified atom stereocenters. The molecule has 0 amide bonds. The first kappa shape index (κ1) is 9.34. The molecule has 0 saturated heterocycles. The van der Waals surface area contributed by atoms with Crippen molar-refractivity contribution in [3.63, 3.8) is 0 Å². The van der Waals surface area contributed by atoms with Gasteiger partial charge in [-0.1, -0.05) is 24.3 Å². The third-order valence-corrected chi connectivity index (χ3v) is 2.73. The van der Waals surface area contributed by atoms with Crippen LogP contribution in [0.3, 0.4) is 0 Å². The Hall–Kier alpha value is -1.22. The van der Waals surface area contributed by atoms with Crippen LogP contribution in [-0.4, -0.2) is 9.97 Å². The van der Waals surface area contributed by atoms with Crippen molar-refractivity contribution in [1.29, 1.82) is 0 Å². The summed E-state index contributed by atoms with van der Waals surface area (Å²) in [6.45, 7) is 2.08. The third-order valence-electron chi connectivity index (χ3n) is 2.10. The fourth-order valence-corrected chi connectivity index (χ4v) is 1.78. The molecule has 1 aromatic carbocycles. The fourth-order valence-electron chi connectivity index (χ4n) is 1.37. The van der Waals surface area contributed by atoms with E-state index in [1.807, 2.05) is 18.3 Å². The van der Waals surface area contributed by atoms with E-state index < -0.39 is 0 Å². The maximum Gasteiger partial charge on any atom is 0.117 e. The Morgan fingerprint density at radius 1 is 1.14 bits per heavy atom. The number of halogens is 1. The first-order valence-electron chi connectivity index (χ1n) is 4.30. The average Bonchev–Trinajstić information content (AvgIpc) is 2.20. The van der Waals surface area contributed by atoms with E-state index in [0.29, 0.717) is 0 Å². The molecule has 0 atom stereocenters. The predicted molar refractivity (Wildman–Crippen MR) is 59.9 cm³/mol. The molecule has 2 aromatic rings. The van der Waals surface area contributed by atoms with Gasteiger partial charge in [-0.2, -0.15) is 0 Å². The minimum absolute atomic E-state index is 0.835. The molecule has 2 rings (SSSR count). The molecule has 1 aromatic heterocycles. The van der Waals surface area contributed by atoms with E-state index in [0.717, 1.165) is 10.2 Å². The molecular weight excluding hydrogens is 240 g/mol. The summed E-state index contributed by atoms with van der Waals surface area (Å²) in [4.78, 5) is 8.12. The van der Waals surface area contributed by atoms with E-state index in [-0.39, 0.29) is 0 Å². The van der Waals surface area contributed by atoms with Gasteiger partial charge < -0.3 is 0 Å². The Balaban J connectivity index is 2.61. The number of nitrogens with zero attached hydrogens (tertiary/aromatic N) is 2. The monoisotopic (exact) mass is 248 g/mol. The summed E-state index contributed by atoms with van der Waals surface area (Å²) in [5.74, 6) is 0. The molecule has 3 heteroatoms. The maximum absolute atomic E-state index is 4.10. The van der Waals surface area contributed by atoms with Crippen molar-refractivity contribution in [2.75, 3.05) is 0 Å². The first-order chi connectivity index (χ1) is 6.79. The van der Waals surface area contributed by atoms with Crippen molar-refractivity contribution < 1.29 is 0 Å². The Kier molecular flexibility index (Phi) is 2.59. The van der Waals surface area contributed by atoms with Crippen molar-refractivity contribution in [1.82, 2.24) is 9.97 Å². The van der Waals surface area contributed by atoms with Gasteiger partial charge in [0.2, 0.25) is 0 Å². The lowest BCUT2D eigenvalue weighted by atomic mass is 10.0. The van der Waals surface area contributed by atoms with Crippen molar-refractivity contribution in [3.8, 4) is 11.1 Å². The second kappa shape index (κ2) is 3.88. The van der Waals surface area contributed by atoms with Gasteiger partial charge in [0, 0.05) is 11.8 Å². The lowest BCUT2D eigenvalue weighted by Crippen LogP contribution is -1.87. The third kappa shape index (κ3) is 1.68. The van der Waals surface area contributed by atoms with Gasteiger partial charge in [0.05, 0.1) is 0 Å². The minimum Gasteiger partial charge on any atom is -0.244 e. The number of aryl methyl sites for hydroxylation is 1. The predicted octanol–water partition coefficient (Wildman–Crippen LogP) is 3.21. The minimum atomic E-state index is 0.835. The van der Waals surface area contributed by atoms with Gasteiger partial charge in [0.25, 0.3) is 0 Å². The quantitative estimate of drug-likeness (QED) is 0.725. The molecule has 0 spiro atoms. The molecule has 0 saturated carbocycles. The molecule has 0 N–H and O–H groups in total. The van der Waals surface area contributed by atoms with Gasteiger partial charge in [0.1, 0.15) is 10.9 Å². The zero-order valence-electron chi connectivity index (χ0n) is 7.74. The molecule has 1 heterocycles. The molecule has 2 nitrogen and oxygen atoms in total. The second-order valence-electron chi connectivity index (χ2n) is 3.04. The van der Waals surface area contributed by atoms with Crippen LogP contribution in [0, 0.1) is 6.92 Å². The summed E-state index contributed by atoms with van der Waals surface area (Å²) in [7, 11) is 0. The van der Waals surface area contributed by atoms with Crippen LogP contribution in [0.25, 0.3) is 11.1 Å². The van der Waals surface area contributed by atoms with E-state index >= 15 is 0 Å². The summed E-state index contributed by atoms with van der Waals surface area (Å²) >= 11 is 3.42. The van der Waals surface area contributed by atoms with Crippen LogP contribution in [-0.2, 0) is 0 Å². The highest BCUT2D eigenvalue weighted by atomic mass is 79.9. The summed E-state index contributed by atoms with van der Waals surface area (Å²) in [6, 6.07) is 8.19. The lowest BCUT2D eigenvalue weighted by molar-refractivity contribution is 1.14. The molecule has 0 bridgehead atoms. The average molecular weight is 249 g/mol. The lowest BCUT2D eigenvalue weighted by Gasteiger charge is -2.05. The topological polar surface area (TPSA) is 25.8 Å². The van der Waals surface area contributed by atoms with Crippen LogP contribution in [0.4, 0.5) is 0 Å². The number of hydrogen-bond acceptors (Lipinski definition) is 2. The van der Waals surface area contributed by atoms with Gasteiger partial charge >= 0.3 is 0 Å². The van der Waals surface area contributed by atoms with E-state index in [1.54, 1.807) is 0 Å². The van der Waals surface area contributed by atoms with E-state index in [9.17, 15) is 0 Å². The van der Waals surface area contributed by atoms with E-state index in [1.165, 1.54) is 17.5 Å². The number of rotatable bonds is 1. The number of benzene rings is 1. The van der Waals surface area contributed by atoms with Crippen LogP contribution in [0.5, 0.6) is 0 Å². The fraction of sp³-hybridized carbons (Fsp3) is 0.0909. The SMILES string of the molecule is Cc1ccccc1-c1cncnc1Br. The maximum atomic E-state index is 4.10. The standard InChI is InChI=1S/C11H9BrN2/c1-8-4-2-3-5-9(8)10-6-13-7-14-11(10)12/h2-7H,1H3. The highest BCUT2D eigenvalue weighted by molar-refractivity contribution is 9.10. The van der Waals surface area contributed by atoms with Crippen LogP contribution >= 0.6 is 15.9 Å². The van der Waals surface area contributed by atoms with Gasteiger partial charge in [-0.25, -0.2) is 9.97 Å². The van der Waals surface area contributed by atoms with Gasteiger partial charge in [-0.15, -0.1) is 0 Å².